The molecule has 4 aromatic rings. The Balaban J connectivity index is 1.63. The minimum atomic E-state index is -0.691. The first-order chi connectivity index (χ1) is 15.9. The van der Waals surface area contributed by atoms with E-state index in [9.17, 15) is 18.8 Å². The number of carbonyl (C=O) groups is 2. The van der Waals surface area contributed by atoms with Gasteiger partial charge in [-0.3, -0.25) is 14.2 Å². The number of hydrogen-bond acceptors (Lipinski definition) is 7. The molecule has 0 saturated carbocycles. The van der Waals surface area contributed by atoms with Crippen LogP contribution in [-0.2, 0) is 16.1 Å². The number of ether oxygens (including phenoxy) is 1. The maximum absolute atomic E-state index is 13.4. The Morgan fingerprint density at radius 2 is 2.03 bits per heavy atom. The lowest BCUT2D eigenvalue weighted by atomic mass is 10.1. The van der Waals surface area contributed by atoms with Gasteiger partial charge in [-0.15, -0.1) is 11.3 Å². The second kappa shape index (κ2) is 9.37. The van der Waals surface area contributed by atoms with E-state index in [4.69, 9.17) is 9.15 Å². The van der Waals surface area contributed by atoms with Gasteiger partial charge >= 0.3 is 5.97 Å². The van der Waals surface area contributed by atoms with Gasteiger partial charge in [0.2, 0.25) is 11.6 Å². The van der Waals surface area contributed by atoms with Crippen molar-refractivity contribution in [3.05, 3.63) is 86.0 Å². The first-order valence-corrected chi connectivity index (χ1v) is 11.0. The second-order valence-electron chi connectivity index (χ2n) is 7.18. The Morgan fingerprint density at radius 3 is 2.70 bits per heavy atom. The normalized spacial score (nSPS) is 12.0. The number of amides is 1. The fourth-order valence-corrected chi connectivity index (χ4v) is 4.29. The summed E-state index contributed by atoms with van der Waals surface area (Å²) in [5.41, 5.74) is 0.106. The van der Waals surface area contributed by atoms with E-state index in [1.165, 1.54) is 29.8 Å². The quantitative estimate of drug-likeness (QED) is 0.415. The number of nitrogens with zero attached hydrogens (tertiary/aromatic N) is 2. The fraction of sp³-hybridized carbons (Fsp3) is 0.217. The van der Waals surface area contributed by atoms with E-state index >= 15 is 0 Å². The maximum atomic E-state index is 13.4. The van der Waals surface area contributed by atoms with E-state index in [1.807, 2.05) is 17.5 Å². The molecule has 0 radical (unpaired) electrons. The lowest BCUT2D eigenvalue weighted by Crippen LogP contribution is -2.35. The van der Waals surface area contributed by atoms with Crippen molar-refractivity contribution in [2.24, 2.45) is 0 Å². The SMILES string of the molecule is CCOC(=O)c1c(C)oc2ncn(CC(=O)NC(c3ccc(F)cc3)c3cccs3)c(=O)c12. The van der Waals surface area contributed by atoms with Crippen LogP contribution in [0.25, 0.3) is 11.1 Å². The standard InChI is InChI=1S/C23H20FN3O5S/c1-3-31-23(30)18-13(2)32-21-19(18)22(29)27(12-25-21)11-17(28)26-20(16-5-4-10-33-16)14-6-8-15(24)9-7-14/h4-10,12,20H,3,11H2,1-2H3,(H,26,28). The van der Waals surface area contributed by atoms with Crippen molar-refractivity contribution in [1.82, 2.24) is 14.9 Å². The van der Waals surface area contributed by atoms with Crippen molar-refractivity contribution in [3.8, 4) is 0 Å². The topological polar surface area (TPSA) is 103 Å². The van der Waals surface area contributed by atoms with Gasteiger partial charge in [-0.05, 0) is 43.0 Å². The summed E-state index contributed by atoms with van der Waals surface area (Å²) in [6.07, 6.45) is 1.19. The predicted molar refractivity (Wildman–Crippen MR) is 120 cm³/mol. The van der Waals surface area contributed by atoms with E-state index in [2.05, 4.69) is 10.3 Å². The monoisotopic (exact) mass is 469 g/mol. The van der Waals surface area contributed by atoms with Crippen molar-refractivity contribution in [3.63, 3.8) is 0 Å². The molecule has 0 bridgehead atoms. The number of esters is 1. The number of benzene rings is 1. The molecule has 0 spiro atoms. The molecule has 1 amide bonds. The van der Waals surface area contributed by atoms with Crippen LogP contribution in [0.15, 0.2) is 57.3 Å². The molecule has 4 rings (SSSR count). The first kappa shape index (κ1) is 22.4. The molecular weight excluding hydrogens is 449 g/mol. The summed E-state index contributed by atoms with van der Waals surface area (Å²) in [6.45, 7) is 2.99. The number of rotatable bonds is 7. The summed E-state index contributed by atoms with van der Waals surface area (Å²) >= 11 is 1.44. The summed E-state index contributed by atoms with van der Waals surface area (Å²) in [7, 11) is 0. The third-order valence-electron chi connectivity index (χ3n) is 4.98. The van der Waals surface area contributed by atoms with Crippen molar-refractivity contribution in [2.45, 2.75) is 26.4 Å². The van der Waals surface area contributed by atoms with Crippen LogP contribution in [0.4, 0.5) is 4.39 Å². The molecule has 3 aromatic heterocycles. The zero-order valence-electron chi connectivity index (χ0n) is 17.8. The molecule has 0 aliphatic heterocycles. The van der Waals surface area contributed by atoms with Gasteiger partial charge < -0.3 is 14.5 Å². The Labute approximate surface area is 191 Å². The van der Waals surface area contributed by atoms with Crippen molar-refractivity contribution < 1.29 is 23.1 Å². The molecule has 1 unspecified atom stereocenters. The Morgan fingerprint density at radius 1 is 1.27 bits per heavy atom. The Bertz CT molecular complexity index is 1360. The van der Waals surface area contributed by atoms with Gasteiger partial charge in [0, 0.05) is 4.88 Å². The molecule has 170 valence electrons. The molecule has 1 N–H and O–H groups in total. The summed E-state index contributed by atoms with van der Waals surface area (Å²) < 4.78 is 24.9. The molecular formula is C23H20FN3O5S. The van der Waals surface area contributed by atoms with E-state index in [-0.39, 0.29) is 41.4 Å². The van der Waals surface area contributed by atoms with Crippen LogP contribution in [-0.4, -0.2) is 28.0 Å². The zero-order chi connectivity index (χ0) is 23.5. The third kappa shape index (κ3) is 4.56. The number of aromatic nitrogens is 2. The largest absolute Gasteiger partial charge is 0.462 e. The number of fused-ring (bicyclic) bond motifs is 1. The van der Waals surface area contributed by atoms with Crippen LogP contribution in [0.1, 0.15) is 39.5 Å². The van der Waals surface area contributed by atoms with Crippen LogP contribution < -0.4 is 10.9 Å². The molecule has 8 nitrogen and oxygen atoms in total. The van der Waals surface area contributed by atoms with Crippen LogP contribution in [0.5, 0.6) is 0 Å². The van der Waals surface area contributed by atoms with Gasteiger partial charge in [0.15, 0.2) is 0 Å². The highest BCUT2D eigenvalue weighted by Crippen LogP contribution is 2.26. The fourth-order valence-electron chi connectivity index (χ4n) is 3.49. The van der Waals surface area contributed by atoms with Crippen LogP contribution in [0.2, 0.25) is 0 Å². The van der Waals surface area contributed by atoms with E-state index in [0.717, 1.165) is 9.44 Å². The Hall–Kier alpha value is -3.79. The van der Waals surface area contributed by atoms with Gasteiger partial charge in [-0.1, -0.05) is 18.2 Å². The van der Waals surface area contributed by atoms with E-state index in [1.54, 1.807) is 26.0 Å². The number of nitrogens with one attached hydrogen (secondary N) is 1. The molecule has 1 atom stereocenters. The number of hydrogen-bond donors (Lipinski definition) is 1. The summed E-state index contributed by atoms with van der Waals surface area (Å²) in [5.74, 6) is -1.32. The maximum Gasteiger partial charge on any atom is 0.342 e. The number of aryl methyl sites for hydroxylation is 1. The highest BCUT2D eigenvalue weighted by atomic mass is 32.1. The van der Waals surface area contributed by atoms with Crippen molar-refractivity contribution in [1.29, 1.82) is 0 Å². The van der Waals surface area contributed by atoms with E-state index < -0.39 is 23.5 Å². The van der Waals surface area contributed by atoms with E-state index in [0.29, 0.717) is 5.56 Å². The van der Waals surface area contributed by atoms with Gasteiger partial charge in [0.1, 0.15) is 35.4 Å². The van der Waals surface area contributed by atoms with Crippen LogP contribution in [0, 0.1) is 12.7 Å². The smallest absolute Gasteiger partial charge is 0.342 e. The minimum Gasteiger partial charge on any atom is -0.462 e. The number of carbonyl (C=O) groups excluding carboxylic acids is 2. The lowest BCUT2D eigenvalue weighted by Gasteiger charge is -2.18. The highest BCUT2D eigenvalue weighted by molar-refractivity contribution is 7.10. The average molecular weight is 469 g/mol. The average Bonchev–Trinajstić information content (AvgIpc) is 3.43. The zero-order valence-corrected chi connectivity index (χ0v) is 18.6. The van der Waals surface area contributed by atoms with Gasteiger partial charge in [0.25, 0.3) is 5.56 Å². The summed E-state index contributed by atoms with van der Waals surface area (Å²) in [6, 6.07) is 9.03. The molecule has 0 fully saturated rings. The summed E-state index contributed by atoms with van der Waals surface area (Å²) in [5, 5.41) is 4.73. The van der Waals surface area contributed by atoms with Crippen molar-refractivity contribution in [2.75, 3.05) is 6.61 Å². The number of thiophene rings is 1. The highest BCUT2D eigenvalue weighted by Gasteiger charge is 2.25. The molecule has 0 aliphatic rings. The van der Waals surface area contributed by atoms with Gasteiger partial charge in [-0.2, -0.15) is 0 Å². The first-order valence-electron chi connectivity index (χ1n) is 10.1. The molecule has 33 heavy (non-hydrogen) atoms. The summed E-state index contributed by atoms with van der Waals surface area (Å²) in [4.78, 5) is 43.2. The van der Waals surface area contributed by atoms with Gasteiger partial charge in [0.05, 0.1) is 12.6 Å². The predicted octanol–water partition coefficient (Wildman–Crippen LogP) is 3.58. The lowest BCUT2D eigenvalue weighted by molar-refractivity contribution is -0.122. The van der Waals surface area contributed by atoms with Crippen molar-refractivity contribution >= 4 is 34.3 Å². The number of furan rings is 1. The second-order valence-corrected chi connectivity index (χ2v) is 8.16. The third-order valence-corrected chi connectivity index (χ3v) is 5.92. The Kier molecular flexibility index (Phi) is 6.36. The molecule has 0 aliphatic carbocycles. The molecule has 0 saturated heterocycles. The molecule has 10 heteroatoms. The number of halogens is 1. The van der Waals surface area contributed by atoms with Crippen LogP contribution in [0.3, 0.4) is 0 Å². The van der Waals surface area contributed by atoms with Gasteiger partial charge in [-0.25, -0.2) is 14.2 Å². The van der Waals surface area contributed by atoms with Crippen LogP contribution >= 0.6 is 11.3 Å². The minimum absolute atomic E-state index is 0.0000134. The molecule has 1 aromatic carbocycles. The molecule has 3 heterocycles.